The van der Waals surface area contributed by atoms with Crippen LogP contribution in [-0.2, 0) is 14.3 Å². The summed E-state index contributed by atoms with van der Waals surface area (Å²) < 4.78 is 5.77. The van der Waals surface area contributed by atoms with Crippen molar-refractivity contribution in [1.29, 1.82) is 0 Å². The fraction of sp³-hybridized carbons (Fsp3) is 0.529. The molecule has 0 spiro atoms. The third-order valence-electron chi connectivity index (χ3n) is 4.50. The summed E-state index contributed by atoms with van der Waals surface area (Å²) in [4.78, 5) is 27.6. The highest BCUT2D eigenvalue weighted by Crippen LogP contribution is 2.29. The fourth-order valence-electron chi connectivity index (χ4n) is 3.12. The molecule has 1 atom stereocenters. The van der Waals surface area contributed by atoms with Crippen LogP contribution in [-0.4, -0.2) is 54.4 Å². The maximum Gasteiger partial charge on any atom is 0.224 e. The van der Waals surface area contributed by atoms with Crippen molar-refractivity contribution in [3.63, 3.8) is 0 Å². The largest absolute Gasteiger partial charge is 0.370 e. The maximum absolute atomic E-state index is 12.4. The molecule has 2 fully saturated rings. The van der Waals surface area contributed by atoms with E-state index in [9.17, 15) is 9.59 Å². The Morgan fingerprint density at radius 2 is 2.08 bits per heavy atom. The van der Waals surface area contributed by atoms with E-state index >= 15 is 0 Å². The second kappa shape index (κ2) is 7.72. The van der Waals surface area contributed by atoms with E-state index in [2.05, 4.69) is 0 Å². The number of carbonyl (C=O) groups is 2. The molecule has 0 N–H and O–H groups in total. The first-order valence-corrected chi connectivity index (χ1v) is 8.92. The van der Waals surface area contributed by atoms with Crippen LogP contribution in [0.4, 0.5) is 0 Å². The first-order valence-electron chi connectivity index (χ1n) is 8.16. The SMILES string of the molecule is O=C1CCCN1CCC(=O)N1CCO[C@@H](c2ccc(Cl)c(Cl)c2)C1. The maximum atomic E-state index is 12.4. The Kier molecular flexibility index (Phi) is 5.64. The quantitative estimate of drug-likeness (QED) is 0.818. The predicted octanol–water partition coefficient (Wildman–Crippen LogP) is 2.91. The molecule has 0 saturated carbocycles. The molecule has 0 aliphatic carbocycles. The van der Waals surface area contributed by atoms with Gasteiger partial charge in [0, 0.05) is 32.5 Å². The molecule has 7 heteroatoms. The molecular weight excluding hydrogens is 351 g/mol. The van der Waals surface area contributed by atoms with Crippen molar-refractivity contribution >= 4 is 35.0 Å². The minimum absolute atomic E-state index is 0.0584. The second-order valence-electron chi connectivity index (χ2n) is 6.11. The van der Waals surface area contributed by atoms with E-state index in [-0.39, 0.29) is 17.9 Å². The molecule has 2 saturated heterocycles. The van der Waals surface area contributed by atoms with Crippen molar-refractivity contribution in [3.8, 4) is 0 Å². The van der Waals surface area contributed by atoms with E-state index in [4.69, 9.17) is 27.9 Å². The summed E-state index contributed by atoms with van der Waals surface area (Å²) in [5.41, 5.74) is 0.914. The molecular formula is C17H20Cl2N2O3. The zero-order chi connectivity index (χ0) is 17.1. The van der Waals surface area contributed by atoms with Gasteiger partial charge in [0.25, 0.3) is 0 Å². The van der Waals surface area contributed by atoms with Crippen LogP contribution in [0, 0.1) is 0 Å². The van der Waals surface area contributed by atoms with Gasteiger partial charge >= 0.3 is 0 Å². The second-order valence-corrected chi connectivity index (χ2v) is 6.92. The van der Waals surface area contributed by atoms with Crippen molar-refractivity contribution in [2.45, 2.75) is 25.4 Å². The third-order valence-corrected chi connectivity index (χ3v) is 5.24. The minimum atomic E-state index is -0.203. The lowest BCUT2D eigenvalue weighted by molar-refractivity contribution is -0.139. The number of morpholine rings is 1. The number of amides is 2. The number of nitrogens with zero attached hydrogens (tertiary/aromatic N) is 2. The molecule has 5 nitrogen and oxygen atoms in total. The Balaban J connectivity index is 1.57. The van der Waals surface area contributed by atoms with Gasteiger partial charge in [0.05, 0.1) is 23.2 Å². The average Bonchev–Trinajstić information content (AvgIpc) is 3.00. The van der Waals surface area contributed by atoms with Gasteiger partial charge in [-0.2, -0.15) is 0 Å². The number of hydrogen-bond acceptors (Lipinski definition) is 3. The van der Waals surface area contributed by atoms with Gasteiger partial charge in [-0.3, -0.25) is 9.59 Å². The van der Waals surface area contributed by atoms with Crippen molar-refractivity contribution in [3.05, 3.63) is 33.8 Å². The van der Waals surface area contributed by atoms with E-state index in [1.807, 2.05) is 6.07 Å². The summed E-state index contributed by atoms with van der Waals surface area (Å²) in [5, 5.41) is 0.980. The van der Waals surface area contributed by atoms with Crippen LogP contribution < -0.4 is 0 Å². The van der Waals surface area contributed by atoms with Crippen LogP contribution in [0.2, 0.25) is 10.0 Å². The first kappa shape index (κ1) is 17.5. The Labute approximate surface area is 151 Å². The average molecular weight is 371 g/mol. The van der Waals surface area contributed by atoms with Gasteiger partial charge in [-0.1, -0.05) is 29.3 Å². The molecule has 2 amide bonds. The van der Waals surface area contributed by atoms with E-state index in [1.54, 1.807) is 21.9 Å². The lowest BCUT2D eigenvalue weighted by Gasteiger charge is -2.33. The van der Waals surface area contributed by atoms with E-state index in [0.29, 0.717) is 49.1 Å². The summed E-state index contributed by atoms with van der Waals surface area (Å²) in [6, 6.07) is 5.39. The van der Waals surface area contributed by atoms with Crippen LogP contribution in [0.15, 0.2) is 18.2 Å². The Hall–Kier alpha value is -1.30. The fourth-order valence-corrected chi connectivity index (χ4v) is 3.43. The van der Waals surface area contributed by atoms with Crippen LogP contribution >= 0.6 is 23.2 Å². The number of likely N-dealkylation sites (tertiary alicyclic amines) is 1. The third kappa shape index (κ3) is 4.02. The highest BCUT2D eigenvalue weighted by molar-refractivity contribution is 6.42. The number of benzene rings is 1. The number of halogens is 2. The highest BCUT2D eigenvalue weighted by Gasteiger charge is 2.27. The molecule has 24 heavy (non-hydrogen) atoms. The van der Waals surface area contributed by atoms with Crippen molar-refractivity contribution in [1.82, 2.24) is 9.80 Å². The molecule has 0 unspecified atom stereocenters. The Morgan fingerprint density at radius 1 is 1.25 bits per heavy atom. The van der Waals surface area contributed by atoms with Crippen molar-refractivity contribution in [2.75, 3.05) is 32.8 Å². The molecule has 2 aliphatic heterocycles. The molecule has 0 aromatic heterocycles. The van der Waals surface area contributed by atoms with Crippen molar-refractivity contribution < 1.29 is 14.3 Å². The molecule has 1 aromatic rings. The van der Waals surface area contributed by atoms with Gasteiger partial charge < -0.3 is 14.5 Å². The van der Waals surface area contributed by atoms with Crippen molar-refractivity contribution in [2.24, 2.45) is 0 Å². The molecule has 2 aliphatic rings. The van der Waals surface area contributed by atoms with E-state index in [1.165, 1.54) is 0 Å². The summed E-state index contributed by atoms with van der Waals surface area (Å²) in [6.07, 6.45) is 1.65. The monoisotopic (exact) mass is 370 g/mol. The molecule has 3 rings (SSSR count). The van der Waals surface area contributed by atoms with Crippen LogP contribution in [0.5, 0.6) is 0 Å². The topological polar surface area (TPSA) is 49.9 Å². The highest BCUT2D eigenvalue weighted by atomic mass is 35.5. The first-order chi connectivity index (χ1) is 11.5. The summed E-state index contributed by atoms with van der Waals surface area (Å²) in [5.74, 6) is 0.210. The van der Waals surface area contributed by atoms with Gasteiger partial charge in [-0.15, -0.1) is 0 Å². The van der Waals surface area contributed by atoms with Gasteiger partial charge in [0.2, 0.25) is 11.8 Å². The summed E-state index contributed by atoms with van der Waals surface area (Å²) in [7, 11) is 0. The van der Waals surface area contributed by atoms with Crippen LogP contribution in [0.1, 0.15) is 30.9 Å². The molecule has 2 heterocycles. The number of hydrogen-bond donors (Lipinski definition) is 0. The molecule has 1 aromatic carbocycles. The van der Waals surface area contributed by atoms with E-state index < -0.39 is 0 Å². The number of ether oxygens (including phenoxy) is 1. The molecule has 0 bridgehead atoms. The normalized spacial score (nSPS) is 21.4. The smallest absolute Gasteiger partial charge is 0.224 e. The zero-order valence-corrected chi connectivity index (χ0v) is 14.9. The lowest BCUT2D eigenvalue weighted by atomic mass is 10.1. The number of carbonyl (C=O) groups excluding carboxylic acids is 2. The van der Waals surface area contributed by atoms with Gasteiger partial charge in [-0.05, 0) is 24.1 Å². The minimum Gasteiger partial charge on any atom is -0.370 e. The zero-order valence-electron chi connectivity index (χ0n) is 13.3. The summed E-state index contributed by atoms with van der Waals surface area (Å²) >= 11 is 12.0. The Bertz CT molecular complexity index is 638. The van der Waals surface area contributed by atoms with Gasteiger partial charge in [0.15, 0.2) is 0 Å². The van der Waals surface area contributed by atoms with Gasteiger partial charge in [0.1, 0.15) is 6.10 Å². The lowest BCUT2D eigenvalue weighted by Crippen LogP contribution is -2.43. The van der Waals surface area contributed by atoms with Crippen LogP contribution in [0.3, 0.4) is 0 Å². The summed E-state index contributed by atoms with van der Waals surface area (Å²) in [6.45, 7) is 2.82. The van der Waals surface area contributed by atoms with E-state index in [0.717, 1.165) is 18.5 Å². The number of rotatable bonds is 4. The Morgan fingerprint density at radius 3 is 2.79 bits per heavy atom. The standard InChI is InChI=1S/C17H20Cl2N2O3/c18-13-4-3-12(10-14(13)19)15-11-21(8-9-24-15)17(23)5-7-20-6-1-2-16(20)22/h3-4,10,15H,1-2,5-9,11H2/t15-/m1/s1. The van der Waals surface area contributed by atoms with Gasteiger partial charge in [-0.25, -0.2) is 0 Å². The predicted molar refractivity (Wildman–Crippen MR) is 92.2 cm³/mol. The van der Waals surface area contributed by atoms with Crippen LogP contribution in [0.25, 0.3) is 0 Å². The molecule has 130 valence electrons. The molecule has 0 radical (unpaired) electrons.